The second-order valence-corrected chi connectivity index (χ2v) is 8.25. The van der Waals surface area contributed by atoms with Gasteiger partial charge in [0.15, 0.2) is 0 Å². The molecule has 1 fully saturated rings. The number of aliphatic hydroxyl groups is 1. The Hall–Kier alpha value is -3.46. The Morgan fingerprint density at radius 2 is 1.61 bits per heavy atom. The predicted octanol–water partition coefficient (Wildman–Crippen LogP) is 4.14. The van der Waals surface area contributed by atoms with Crippen LogP contribution in [0.15, 0.2) is 85.4 Å². The van der Waals surface area contributed by atoms with Crippen LogP contribution in [-0.2, 0) is 23.6 Å². The van der Waals surface area contributed by atoms with E-state index in [9.17, 15) is 20.0 Å². The highest BCUT2D eigenvalue weighted by molar-refractivity contribution is 7.80. The number of rotatable bonds is 7. The van der Waals surface area contributed by atoms with E-state index in [4.69, 9.17) is 12.6 Å². The van der Waals surface area contributed by atoms with Crippen molar-refractivity contribution in [3.05, 3.63) is 118 Å². The molecule has 7 nitrogen and oxygen atoms in total. The van der Waals surface area contributed by atoms with E-state index >= 15 is 0 Å². The molecule has 2 atom stereocenters. The summed E-state index contributed by atoms with van der Waals surface area (Å²) in [5.41, 5.74) is -0.925. The number of carbonyl (C=O) groups excluding carboxylic acids is 1. The number of hydrogen-bond acceptors (Lipinski definition) is 6. The molecule has 33 heavy (non-hydrogen) atoms. The van der Waals surface area contributed by atoms with Crippen LogP contribution in [0.2, 0.25) is 0 Å². The van der Waals surface area contributed by atoms with Gasteiger partial charge < -0.3 is 10.0 Å². The SMILES string of the molecule is C=Cc1ccc([N+](=O)[O-])cc1C1(O)C(=O)N(Cc2ccccc2)C(S)N1Cc1ccccc1. The van der Waals surface area contributed by atoms with E-state index in [2.05, 4.69) is 6.58 Å². The van der Waals surface area contributed by atoms with Crippen LogP contribution >= 0.6 is 12.6 Å². The number of hydrogen-bond donors (Lipinski definition) is 2. The summed E-state index contributed by atoms with van der Waals surface area (Å²) >= 11 is 4.71. The quantitative estimate of drug-likeness (QED) is 0.314. The molecule has 1 amide bonds. The van der Waals surface area contributed by atoms with Gasteiger partial charge in [0.2, 0.25) is 5.72 Å². The lowest BCUT2D eigenvalue weighted by atomic mass is 9.94. The molecule has 3 aromatic rings. The van der Waals surface area contributed by atoms with E-state index in [-0.39, 0.29) is 24.3 Å². The van der Waals surface area contributed by atoms with Crippen LogP contribution < -0.4 is 0 Å². The van der Waals surface area contributed by atoms with E-state index in [1.807, 2.05) is 60.7 Å². The first-order chi connectivity index (χ1) is 15.9. The van der Waals surface area contributed by atoms with E-state index < -0.39 is 22.1 Å². The number of non-ortho nitro benzene ring substituents is 1. The number of nitrogens with zero attached hydrogens (tertiary/aromatic N) is 3. The molecule has 0 saturated carbocycles. The van der Waals surface area contributed by atoms with E-state index in [0.717, 1.165) is 11.1 Å². The van der Waals surface area contributed by atoms with Gasteiger partial charge in [0.1, 0.15) is 5.50 Å². The smallest absolute Gasteiger partial charge is 0.277 e. The van der Waals surface area contributed by atoms with Crippen molar-refractivity contribution in [3.63, 3.8) is 0 Å². The summed E-state index contributed by atoms with van der Waals surface area (Å²) in [6.45, 7) is 4.18. The van der Waals surface area contributed by atoms with Crippen molar-refractivity contribution >= 4 is 30.3 Å². The summed E-state index contributed by atoms with van der Waals surface area (Å²) in [6, 6.07) is 22.8. The number of nitro groups is 1. The van der Waals surface area contributed by atoms with Crippen molar-refractivity contribution in [2.75, 3.05) is 0 Å². The van der Waals surface area contributed by atoms with Crippen LogP contribution in [0.3, 0.4) is 0 Å². The van der Waals surface area contributed by atoms with Crippen molar-refractivity contribution in [1.29, 1.82) is 0 Å². The van der Waals surface area contributed by atoms with E-state index in [0.29, 0.717) is 5.56 Å². The molecule has 1 aliphatic heterocycles. The number of amides is 1. The van der Waals surface area contributed by atoms with Gasteiger partial charge in [0.05, 0.1) is 4.92 Å². The molecule has 0 radical (unpaired) electrons. The minimum absolute atomic E-state index is 0.0993. The molecule has 2 unspecified atom stereocenters. The first kappa shape index (κ1) is 22.7. The zero-order valence-corrected chi connectivity index (χ0v) is 18.6. The molecule has 4 rings (SSSR count). The highest BCUT2D eigenvalue weighted by Crippen LogP contribution is 2.43. The Bertz CT molecular complexity index is 1190. The average molecular weight is 462 g/mol. The lowest BCUT2D eigenvalue weighted by molar-refractivity contribution is -0.385. The lowest BCUT2D eigenvalue weighted by Crippen LogP contribution is -2.47. The van der Waals surface area contributed by atoms with Crippen LogP contribution in [0.1, 0.15) is 22.3 Å². The van der Waals surface area contributed by atoms with Gasteiger partial charge in [-0.2, -0.15) is 0 Å². The Balaban J connectivity index is 1.85. The van der Waals surface area contributed by atoms with Crippen LogP contribution in [0.5, 0.6) is 0 Å². The molecule has 3 aromatic carbocycles. The van der Waals surface area contributed by atoms with Gasteiger partial charge in [-0.3, -0.25) is 14.9 Å². The normalized spacial score (nSPS) is 20.7. The largest absolute Gasteiger partial charge is 0.364 e. The fraction of sp³-hybridized carbons (Fsp3) is 0.160. The summed E-state index contributed by atoms with van der Waals surface area (Å²) in [6.07, 6.45) is 1.47. The van der Waals surface area contributed by atoms with Crippen molar-refractivity contribution < 1.29 is 14.8 Å². The summed E-state index contributed by atoms with van der Waals surface area (Å²) in [7, 11) is 0. The average Bonchev–Trinajstić information content (AvgIpc) is 3.01. The van der Waals surface area contributed by atoms with Crippen LogP contribution in [0, 0.1) is 10.1 Å². The van der Waals surface area contributed by atoms with Crippen molar-refractivity contribution in [2.24, 2.45) is 0 Å². The van der Waals surface area contributed by atoms with Gasteiger partial charge >= 0.3 is 0 Å². The molecule has 0 aliphatic carbocycles. The monoisotopic (exact) mass is 461 g/mol. The number of thiol groups is 1. The van der Waals surface area contributed by atoms with E-state index in [1.165, 1.54) is 29.2 Å². The van der Waals surface area contributed by atoms with Gasteiger partial charge in [-0.05, 0) is 22.8 Å². The van der Waals surface area contributed by atoms with Gasteiger partial charge in [-0.25, -0.2) is 4.90 Å². The highest BCUT2D eigenvalue weighted by atomic mass is 32.1. The van der Waals surface area contributed by atoms with Gasteiger partial charge in [0.25, 0.3) is 11.6 Å². The van der Waals surface area contributed by atoms with Crippen LogP contribution in [0.25, 0.3) is 6.08 Å². The molecule has 8 heteroatoms. The zero-order chi connectivity index (χ0) is 23.6. The minimum Gasteiger partial charge on any atom is -0.364 e. The Labute approximate surface area is 197 Å². The topological polar surface area (TPSA) is 86.9 Å². The summed E-state index contributed by atoms with van der Waals surface area (Å²) in [5, 5.41) is 23.5. The molecule has 0 aromatic heterocycles. The highest BCUT2D eigenvalue weighted by Gasteiger charge is 2.57. The number of carbonyl (C=O) groups is 1. The van der Waals surface area contributed by atoms with Crippen molar-refractivity contribution in [3.8, 4) is 0 Å². The molecule has 1 saturated heterocycles. The van der Waals surface area contributed by atoms with Crippen LogP contribution in [-0.4, -0.2) is 31.2 Å². The summed E-state index contributed by atoms with van der Waals surface area (Å²) in [5.74, 6) is -0.606. The standard InChI is InChI=1S/C25H23N3O4S/c1-2-20-13-14-21(28(31)32)15-22(20)25(30)23(29)26(16-18-9-5-3-6-10-18)24(33)27(25)17-19-11-7-4-8-12-19/h2-15,24,30,33H,1,16-17H2. The maximum absolute atomic E-state index is 13.8. The van der Waals surface area contributed by atoms with E-state index in [1.54, 1.807) is 4.90 Å². The molecular formula is C25H23N3O4S. The summed E-state index contributed by atoms with van der Waals surface area (Å²) < 4.78 is 0. The predicted molar refractivity (Wildman–Crippen MR) is 129 cm³/mol. The van der Waals surface area contributed by atoms with Crippen molar-refractivity contribution in [2.45, 2.75) is 24.3 Å². The van der Waals surface area contributed by atoms with Gasteiger partial charge in [-0.1, -0.05) is 73.3 Å². The maximum atomic E-state index is 13.8. The molecule has 0 spiro atoms. The van der Waals surface area contributed by atoms with Crippen molar-refractivity contribution in [1.82, 2.24) is 9.80 Å². The Kier molecular flexibility index (Phi) is 6.33. The third kappa shape index (κ3) is 4.16. The number of nitro benzene ring substituents is 1. The van der Waals surface area contributed by atoms with Crippen LogP contribution in [0.4, 0.5) is 5.69 Å². The second-order valence-electron chi connectivity index (χ2n) is 7.78. The summed E-state index contributed by atoms with van der Waals surface area (Å²) in [4.78, 5) is 27.7. The Morgan fingerprint density at radius 3 is 2.15 bits per heavy atom. The first-order valence-electron chi connectivity index (χ1n) is 10.3. The zero-order valence-electron chi connectivity index (χ0n) is 17.7. The third-order valence-electron chi connectivity index (χ3n) is 5.77. The molecule has 168 valence electrons. The second kappa shape index (κ2) is 9.19. The number of benzene rings is 3. The molecular weight excluding hydrogens is 438 g/mol. The molecule has 0 bridgehead atoms. The lowest BCUT2D eigenvalue weighted by Gasteiger charge is -2.33. The Morgan fingerprint density at radius 1 is 1.03 bits per heavy atom. The fourth-order valence-corrected chi connectivity index (χ4v) is 4.52. The minimum atomic E-state index is -2.17. The molecule has 1 N–H and O–H groups in total. The first-order valence-corrected chi connectivity index (χ1v) is 10.9. The maximum Gasteiger partial charge on any atom is 0.277 e. The molecule has 1 heterocycles. The third-order valence-corrected chi connectivity index (χ3v) is 6.32. The fourth-order valence-electron chi connectivity index (χ4n) is 4.08. The van der Waals surface area contributed by atoms with Gasteiger partial charge in [0, 0.05) is 30.8 Å². The molecule has 1 aliphatic rings. The van der Waals surface area contributed by atoms with Gasteiger partial charge in [-0.15, -0.1) is 12.6 Å².